The van der Waals surface area contributed by atoms with Gasteiger partial charge in [0.2, 0.25) is 0 Å². The van der Waals surface area contributed by atoms with Crippen LogP contribution in [0.3, 0.4) is 0 Å². The van der Waals surface area contributed by atoms with E-state index in [1.165, 1.54) is 25.7 Å². The molecular formula is C8H16O. The first-order valence-corrected chi connectivity index (χ1v) is 3.97. The molecule has 54 valence electrons. The fraction of sp³-hybridized carbons (Fsp3) is 1.00. The van der Waals surface area contributed by atoms with E-state index in [1.807, 2.05) is 0 Å². The van der Waals surface area contributed by atoms with Crippen LogP contribution in [0.2, 0.25) is 0 Å². The first kappa shape index (κ1) is 7.07. The summed E-state index contributed by atoms with van der Waals surface area (Å²) in [5.74, 6) is 0. The van der Waals surface area contributed by atoms with Gasteiger partial charge in [-0.05, 0) is 12.8 Å². The topological polar surface area (TPSA) is 12.5 Å². The van der Waals surface area contributed by atoms with Crippen LogP contribution in [0, 0.1) is 0 Å². The number of hydrogen-bond acceptors (Lipinski definition) is 1. The Morgan fingerprint density at radius 2 is 2.11 bits per heavy atom. The van der Waals surface area contributed by atoms with Crippen LogP contribution in [-0.4, -0.2) is 12.2 Å². The van der Waals surface area contributed by atoms with Crippen LogP contribution in [-0.2, 0) is 4.74 Å². The predicted molar refractivity (Wildman–Crippen MR) is 38.5 cm³/mol. The molecule has 1 fully saturated rings. The van der Waals surface area contributed by atoms with Gasteiger partial charge in [0.25, 0.3) is 0 Å². The average molecular weight is 128 g/mol. The lowest BCUT2D eigenvalue weighted by Gasteiger charge is -2.05. The molecule has 1 aliphatic heterocycles. The van der Waals surface area contributed by atoms with Crippen molar-refractivity contribution >= 4 is 0 Å². The Morgan fingerprint density at radius 3 is 2.44 bits per heavy atom. The highest BCUT2D eigenvalue weighted by atomic mass is 16.6. The van der Waals surface area contributed by atoms with Gasteiger partial charge in [-0.2, -0.15) is 0 Å². The van der Waals surface area contributed by atoms with E-state index in [0.29, 0.717) is 5.60 Å². The molecule has 1 nitrogen and oxygen atoms in total. The molecule has 0 aromatic rings. The molecule has 0 aromatic heterocycles. The van der Waals surface area contributed by atoms with E-state index >= 15 is 0 Å². The van der Waals surface area contributed by atoms with Crippen molar-refractivity contribution in [3.8, 4) is 0 Å². The second kappa shape index (κ2) is 2.70. The third-order valence-corrected chi connectivity index (χ3v) is 2.18. The smallest absolute Gasteiger partial charge is 0.0914 e. The quantitative estimate of drug-likeness (QED) is 0.529. The Bertz CT molecular complexity index is 84.6. The van der Waals surface area contributed by atoms with Crippen molar-refractivity contribution in [3.63, 3.8) is 0 Å². The Balaban J connectivity index is 2.10. The summed E-state index contributed by atoms with van der Waals surface area (Å²) >= 11 is 0. The molecule has 1 unspecified atom stereocenters. The summed E-state index contributed by atoms with van der Waals surface area (Å²) in [6.07, 6.45) is 5.10. The van der Waals surface area contributed by atoms with E-state index in [-0.39, 0.29) is 0 Å². The third kappa shape index (κ3) is 1.68. The van der Waals surface area contributed by atoms with Crippen molar-refractivity contribution < 1.29 is 4.74 Å². The second-order valence-electron chi connectivity index (χ2n) is 2.93. The van der Waals surface area contributed by atoms with Crippen molar-refractivity contribution in [1.82, 2.24) is 0 Å². The van der Waals surface area contributed by atoms with Gasteiger partial charge in [0, 0.05) is 0 Å². The van der Waals surface area contributed by atoms with Gasteiger partial charge in [0.05, 0.1) is 12.2 Å². The number of epoxide rings is 1. The van der Waals surface area contributed by atoms with E-state index in [1.54, 1.807) is 0 Å². The van der Waals surface area contributed by atoms with E-state index in [0.717, 1.165) is 6.61 Å². The molecule has 0 N–H and O–H groups in total. The SMILES string of the molecule is CCCCC1(CC)CO1. The summed E-state index contributed by atoms with van der Waals surface area (Å²) < 4.78 is 5.35. The summed E-state index contributed by atoms with van der Waals surface area (Å²) in [6.45, 7) is 5.46. The Hall–Kier alpha value is -0.0400. The normalized spacial score (nSPS) is 32.7. The lowest BCUT2D eigenvalue weighted by Crippen LogP contribution is -2.07. The molecular weight excluding hydrogens is 112 g/mol. The van der Waals surface area contributed by atoms with Crippen LogP contribution in [0.15, 0.2) is 0 Å². The van der Waals surface area contributed by atoms with E-state index in [4.69, 9.17) is 4.74 Å². The van der Waals surface area contributed by atoms with E-state index in [9.17, 15) is 0 Å². The number of unbranched alkanes of at least 4 members (excludes halogenated alkanes) is 1. The maximum atomic E-state index is 5.35. The van der Waals surface area contributed by atoms with Crippen molar-refractivity contribution in [3.05, 3.63) is 0 Å². The van der Waals surface area contributed by atoms with Crippen LogP contribution in [0.25, 0.3) is 0 Å². The standard InChI is InChI=1S/C8H16O/c1-3-5-6-8(4-2)7-9-8/h3-7H2,1-2H3. The number of rotatable bonds is 4. The van der Waals surface area contributed by atoms with E-state index < -0.39 is 0 Å². The maximum absolute atomic E-state index is 5.35. The molecule has 1 saturated heterocycles. The number of hydrogen-bond donors (Lipinski definition) is 0. The first-order chi connectivity index (χ1) is 4.33. The van der Waals surface area contributed by atoms with Crippen molar-refractivity contribution in [2.24, 2.45) is 0 Å². The second-order valence-corrected chi connectivity index (χ2v) is 2.93. The highest BCUT2D eigenvalue weighted by Crippen LogP contribution is 2.35. The van der Waals surface area contributed by atoms with Crippen molar-refractivity contribution in [2.75, 3.05) is 6.61 Å². The fourth-order valence-corrected chi connectivity index (χ4v) is 1.13. The van der Waals surface area contributed by atoms with Gasteiger partial charge in [-0.25, -0.2) is 0 Å². The van der Waals surface area contributed by atoms with Crippen LogP contribution in [0.5, 0.6) is 0 Å². The van der Waals surface area contributed by atoms with Crippen LogP contribution in [0.1, 0.15) is 39.5 Å². The molecule has 1 rings (SSSR count). The van der Waals surface area contributed by atoms with Crippen LogP contribution in [0.4, 0.5) is 0 Å². The maximum Gasteiger partial charge on any atom is 0.0914 e. The van der Waals surface area contributed by atoms with Gasteiger partial charge in [0.15, 0.2) is 0 Å². The molecule has 0 bridgehead atoms. The molecule has 0 amide bonds. The first-order valence-electron chi connectivity index (χ1n) is 3.97. The van der Waals surface area contributed by atoms with Gasteiger partial charge in [0.1, 0.15) is 0 Å². The predicted octanol–water partition coefficient (Wildman–Crippen LogP) is 2.36. The largest absolute Gasteiger partial charge is 0.370 e. The zero-order chi connectivity index (χ0) is 6.74. The van der Waals surface area contributed by atoms with Gasteiger partial charge < -0.3 is 4.74 Å². The highest BCUT2D eigenvalue weighted by Gasteiger charge is 2.41. The summed E-state index contributed by atoms with van der Waals surface area (Å²) in [6, 6.07) is 0. The molecule has 1 aliphatic rings. The average Bonchev–Trinajstić information content (AvgIpc) is 2.65. The minimum Gasteiger partial charge on any atom is -0.370 e. The minimum absolute atomic E-state index is 0.343. The summed E-state index contributed by atoms with van der Waals surface area (Å²) in [7, 11) is 0. The fourth-order valence-electron chi connectivity index (χ4n) is 1.13. The molecule has 0 aromatic carbocycles. The van der Waals surface area contributed by atoms with Gasteiger partial charge in [-0.15, -0.1) is 0 Å². The van der Waals surface area contributed by atoms with Gasteiger partial charge in [-0.3, -0.25) is 0 Å². The van der Waals surface area contributed by atoms with E-state index in [2.05, 4.69) is 13.8 Å². The lowest BCUT2D eigenvalue weighted by molar-refractivity contribution is 0.276. The van der Waals surface area contributed by atoms with Crippen molar-refractivity contribution in [2.45, 2.75) is 45.1 Å². The minimum atomic E-state index is 0.343. The molecule has 9 heavy (non-hydrogen) atoms. The molecule has 0 aliphatic carbocycles. The Morgan fingerprint density at radius 1 is 1.44 bits per heavy atom. The summed E-state index contributed by atoms with van der Waals surface area (Å²) in [5, 5.41) is 0. The van der Waals surface area contributed by atoms with Gasteiger partial charge in [-0.1, -0.05) is 26.7 Å². The van der Waals surface area contributed by atoms with Crippen LogP contribution < -0.4 is 0 Å². The number of ether oxygens (including phenoxy) is 1. The highest BCUT2D eigenvalue weighted by molar-refractivity contribution is 4.89. The Kier molecular flexibility index (Phi) is 2.12. The monoisotopic (exact) mass is 128 g/mol. The summed E-state index contributed by atoms with van der Waals surface area (Å²) in [5.41, 5.74) is 0.343. The Labute approximate surface area is 57.4 Å². The van der Waals surface area contributed by atoms with Crippen molar-refractivity contribution in [1.29, 1.82) is 0 Å². The molecule has 1 heteroatoms. The molecule has 1 atom stereocenters. The molecule has 0 saturated carbocycles. The zero-order valence-corrected chi connectivity index (χ0v) is 6.44. The van der Waals surface area contributed by atoms with Crippen LogP contribution >= 0.6 is 0 Å². The molecule has 0 spiro atoms. The molecule has 1 heterocycles. The molecule has 0 radical (unpaired) electrons. The summed E-state index contributed by atoms with van der Waals surface area (Å²) in [4.78, 5) is 0. The lowest BCUT2D eigenvalue weighted by atomic mass is 10.0. The van der Waals surface area contributed by atoms with Gasteiger partial charge >= 0.3 is 0 Å². The third-order valence-electron chi connectivity index (χ3n) is 2.18. The zero-order valence-electron chi connectivity index (χ0n) is 6.44.